The Labute approximate surface area is 144 Å². The van der Waals surface area contributed by atoms with Crippen LogP contribution >= 0.6 is 11.6 Å². The average Bonchev–Trinajstić information content (AvgIpc) is 2.60. The Balaban J connectivity index is 1.97. The summed E-state index contributed by atoms with van der Waals surface area (Å²) in [6.07, 6.45) is 1.61. The van der Waals surface area contributed by atoms with Gasteiger partial charge in [0.05, 0.1) is 6.54 Å². The maximum Gasteiger partial charge on any atom is 0.259 e. The fourth-order valence-corrected chi connectivity index (χ4v) is 2.56. The highest BCUT2D eigenvalue weighted by molar-refractivity contribution is 6.31. The Morgan fingerprint density at radius 3 is 2.58 bits per heavy atom. The average molecular weight is 341 g/mol. The van der Waals surface area contributed by atoms with Crippen LogP contribution in [0.5, 0.6) is 0 Å². The summed E-state index contributed by atoms with van der Waals surface area (Å²) in [5, 5.41) is 0.479. The first-order valence-electron chi connectivity index (χ1n) is 7.36. The lowest BCUT2D eigenvalue weighted by Crippen LogP contribution is -2.31. The highest BCUT2D eigenvalue weighted by Gasteiger charge is 2.19. The van der Waals surface area contributed by atoms with Crippen LogP contribution in [0, 0.1) is 5.82 Å². The molecule has 3 aromatic rings. The first-order chi connectivity index (χ1) is 11.6. The van der Waals surface area contributed by atoms with E-state index in [1.54, 1.807) is 60.8 Å². The van der Waals surface area contributed by atoms with Gasteiger partial charge in [-0.15, -0.1) is 0 Å². The number of pyridine rings is 1. The second-order valence-electron chi connectivity index (χ2n) is 5.22. The minimum atomic E-state index is -0.344. The molecular weight excluding hydrogens is 327 g/mol. The molecule has 5 heteroatoms. The molecule has 0 N–H and O–H groups in total. The molecule has 1 heterocycles. The molecule has 0 atom stereocenters. The summed E-state index contributed by atoms with van der Waals surface area (Å²) in [6.45, 7) is 0.208. The topological polar surface area (TPSA) is 33.2 Å². The molecule has 120 valence electrons. The smallest absolute Gasteiger partial charge is 0.259 e. The van der Waals surface area contributed by atoms with Crippen LogP contribution in [0.3, 0.4) is 0 Å². The number of hydrogen-bond acceptors (Lipinski definition) is 2. The van der Waals surface area contributed by atoms with E-state index in [1.165, 1.54) is 17.0 Å². The largest absolute Gasteiger partial charge is 0.288 e. The predicted octanol–water partition coefficient (Wildman–Crippen LogP) is 4.72. The monoisotopic (exact) mass is 340 g/mol. The van der Waals surface area contributed by atoms with Crippen LogP contribution in [-0.4, -0.2) is 10.9 Å². The highest BCUT2D eigenvalue weighted by atomic mass is 35.5. The van der Waals surface area contributed by atoms with Gasteiger partial charge in [0.2, 0.25) is 0 Å². The molecule has 0 radical (unpaired) electrons. The third-order valence-corrected chi connectivity index (χ3v) is 3.71. The fraction of sp³-hybridized carbons (Fsp3) is 0.0526. The van der Waals surface area contributed by atoms with Crippen LogP contribution in [0.25, 0.3) is 0 Å². The van der Waals surface area contributed by atoms with Crippen LogP contribution in [-0.2, 0) is 6.54 Å². The van der Waals surface area contributed by atoms with Gasteiger partial charge in [0.25, 0.3) is 5.91 Å². The molecule has 3 nitrogen and oxygen atoms in total. The molecule has 0 aliphatic heterocycles. The second-order valence-corrected chi connectivity index (χ2v) is 5.66. The van der Waals surface area contributed by atoms with E-state index in [2.05, 4.69) is 4.98 Å². The van der Waals surface area contributed by atoms with E-state index in [0.717, 1.165) is 0 Å². The molecule has 0 unspecified atom stereocenters. The van der Waals surface area contributed by atoms with Gasteiger partial charge in [-0.1, -0.05) is 35.9 Å². The lowest BCUT2D eigenvalue weighted by molar-refractivity contribution is 0.0984. The van der Waals surface area contributed by atoms with Gasteiger partial charge in [0.1, 0.15) is 11.6 Å². The van der Waals surface area contributed by atoms with E-state index in [9.17, 15) is 9.18 Å². The number of anilines is 1. The van der Waals surface area contributed by atoms with Crippen molar-refractivity contribution < 1.29 is 9.18 Å². The molecule has 3 rings (SSSR count). The summed E-state index contributed by atoms with van der Waals surface area (Å²) in [7, 11) is 0. The van der Waals surface area contributed by atoms with Crippen molar-refractivity contribution in [2.24, 2.45) is 0 Å². The van der Waals surface area contributed by atoms with Gasteiger partial charge in [-0.3, -0.25) is 9.69 Å². The molecule has 1 amide bonds. The number of carbonyl (C=O) groups excluding carboxylic acids is 1. The molecule has 2 aromatic carbocycles. The maximum atomic E-state index is 13.5. The molecular formula is C19H14ClFN2O. The standard InChI is InChI=1S/C19H14ClFN2O/c20-16-7-4-6-15(12-16)19(24)23(18-9-1-2-10-22-18)13-14-5-3-8-17(21)11-14/h1-12H,13H2. The molecule has 24 heavy (non-hydrogen) atoms. The molecule has 0 aliphatic carbocycles. The molecule has 0 saturated heterocycles. The summed E-state index contributed by atoms with van der Waals surface area (Å²) >= 11 is 5.98. The first kappa shape index (κ1) is 16.1. The molecule has 0 fully saturated rings. The zero-order valence-corrected chi connectivity index (χ0v) is 13.4. The fourth-order valence-electron chi connectivity index (χ4n) is 2.37. The number of rotatable bonds is 4. The Morgan fingerprint density at radius 2 is 1.88 bits per heavy atom. The van der Waals surface area contributed by atoms with Crippen LogP contribution in [0.1, 0.15) is 15.9 Å². The summed E-state index contributed by atoms with van der Waals surface area (Å²) in [6, 6.07) is 18.2. The summed E-state index contributed by atoms with van der Waals surface area (Å²) in [4.78, 5) is 18.7. The minimum Gasteiger partial charge on any atom is -0.288 e. The van der Waals surface area contributed by atoms with E-state index in [-0.39, 0.29) is 18.3 Å². The van der Waals surface area contributed by atoms with Crippen LogP contribution in [0.4, 0.5) is 10.2 Å². The van der Waals surface area contributed by atoms with Gasteiger partial charge in [0, 0.05) is 16.8 Å². The van der Waals surface area contributed by atoms with E-state index < -0.39 is 0 Å². The van der Waals surface area contributed by atoms with Crippen molar-refractivity contribution in [3.8, 4) is 0 Å². The third-order valence-electron chi connectivity index (χ3n) is 3.47. The number of amides is 1. The number of nitrogens with zero attached hydrogens (tertiary/aromatic N) is 2. The quantitative estimate of drug-likeness (QED) is 0.688. The molecule has 0 bridgehead atoms. The van der Waals surface area contributed by atoms with Crippen molar-refractivity contribution in [3.63, 3.8) is 0 Å². The number of halogens is 2. The van der Waals surface area contributed by atoms with E-state index in [4.69, 9.17) is 11.6 Å². The lowest BCUT2D eigenvalue weighted by Gasteiger charge is -2.22. The maximum absolute atomic E-state index is 13.5. The Hall–Kier alpha value is -2.72. The van der Waals surface area contributed by atoms with Crippen molar-refractivity contribution in [2.75, 3.05) is 4.90 Å². The van der Waals surface area contributed by atoms with Gasteiger partial charge in [-0.05, 0) is 48.0 Å². The van der Waals surface area contributed by atoms with E-state index in [0.29, 0.717) is 22.0 Å². The predicted molar refractivity (Wildman–Crippen MR) is 92.6 cm³/mol. The minimum absolute atomic E-state index is 0.208. The highest BCUT2D eigenvalue weighted by Crippen LogP contribution is 2.20. The van der Waals surface area contributed by atoms with Gasteiger partial charge in [0.15, 0.2) is 0 Å². The van der Waals surface area contributed by atoms with Crippen molar-refractivity contribution in [2.45, 2.75) is 6.54 Å². The van der Waals surface area contributed by atoms with Crippen LogP contribution in [0.2, 0.25) is 5.02 Å². The molecule has 0 spiro atoms. The van der Waals surface area contributed by atoms with E-state index in [1.807, 2.05) is 0 Å². The normalized spacial score (nSPS) is 10.4. The van der Waals surface area contributed by atoms with Crippen molar-refractivity contribution in [3.05, 3.63) is 94.9 Å². The van der Waals surface area contributed by atoms with Crippen molar-refractivity contribution in [1.82, 2.24) is 4.98 Å². The van der Waals surface area contributed by atoms with Gasteiger partial charge in [-0.2, -0.15) is 0 Å². The summed E-state index contributed by atoms with van der Waals surface area (Å²) in [5.74, 6) is -0.101. The summed E-state index contributed by atoms with van der Waals surface area (Å²) in [5.41, 5.74) is 1.13. The van der Waals surface area contributed by atoms with Crippen molar-refractivity contribution in [1.29, 1.82) is 0 Å². The molecule has 0 aliphatic rings. The second kappa shape index (κ2) is 7.23. The van der Waals surface area contributed by atoms with Crippen LogP contribution in [0.15, 0.2) is 72.9 Å². The first-order valence-corrected chi connectivity index (χ1v) is 7.74. The Kier molecular flexibility index (Phi) is 4.87. The molecule has 0 saturated carbocycles. The zero-order chi connectivity index (χ0) is 16.9. The SMILES string of the molecule is O=C(c1cccc(Cl)c1)N(Cc1cccc(F)c1)c1ccccn1. The molecule has 1 aromatic heterocycles. The van der Waals surface area contributed by atoms with Gasteiger partial charge in [-0.25, -0.2) is 9.37 Å². The summed E-state index contributed by atoms with van der Waals surface area (Å²) < 4.78 is 13.5. The number of benzene rings is 2. The van der Waals surface area contributed by atoms with Crippen molar-refractivity contribution >= 4 is 23.3 Å². The third kappa shape index (κ3) is 3.78. The Morgan fingerprint density at radius 1 is 1.04 bits per heavy atom. The number of carbonyl (C=O) groups is 1. The van der Waals surface area contributed by atoms with Crippen LogP contribution < -0.4 is 4.90 Å². The zero-order valence-electron chi connectivity index (χ0n) is 12.7. The van der Waals surface area contributed by atoms with E-state index >= 15 is 0 Å². The van der Waals surface area contributed by atoms with Gasteiger partial charge < -0.3 is 0 Å². The Bertz CT molecular complexity index is 855. The lowest BCUT2D eigenvalue weighted by atomic mass is 10.1. The number of hydrogen-bond donors (Lipinski definition) is 0. The van der Waals surface area contributed by atoms with Gasteiger partial charge >= 0.3 is 0 Å². The number of aromatic nitrogens is 1.